The third-order valence-electron chi connectivity index (χ3n) is 3.35. The van der Waals surface area contributed by atoms with Gasteiger partial charge in [0, 0.05) is 17.4 Å². The van der Waals surface area contributed by atoms with E-state index in [9.17, 15) is 13.2 Å². The molecule has 134 valence electrons. The second-order valence-corrected chi connectivity index (χ2v) is 5.23. The van der Waals surface area contributed by atoms with Gasteiger partial charge in [0.25, 0.3) is 0 Å². The van der Waals surface area contributed by atoms with Crippen molar-refractivity contribution in [3.63, 3.8) is 0 Å². The van der Waals surface area contributed by atoms with Crippen LogP contribution in [-0.2, 0) is 6.18 Å². The number of nitrogens with one attached hydrogen (secondary N) is 2. The largest absolute Gasteiger partial charge is 0.497 e. The van der Waals surface area contributed by atoms with Crippen molar-refractivity contribution in [2.45, 2.75) is 6.18 Å². The summed E-state index contributed by atoms with van der Waals surface area (Å²) in [5.74, 6) is 1.11. The molecule has 0 spiro atoms. The van der Waals surface area contributed by atoms with Gasteiger partial charge < -0.3 is 15.4 Å². The lowest BCUT2D eigenvalue weighted by Crippen LogP contribution is -2.06. The Morgan fingerprint density at radius 3 is 2.42 bits per heavy atom. The Kier molecular flexibility index (Phi) is 4.87. The minimum absolute atomic E-state index is 0.0669. The van der Waals surface area contributed by atoms with Gasteiger partial charge in [-0.05, 0) is 30.3 Å². The summed E-state index contributed by atoms with van der Waals surface area (Å²) in [6, 6.07) is 11.9. The number of nitrogens with zero attached hydrogens (tertiary/aromatic N) is 3. The molecule has 1 heterocycles. The molecule has 2 N–H and O–H groups in total. The first-order valence-corrected chi connectivity index (χ1v) is 7.49. The van der Waals surface area contributed by atoms with Crippen molar-refractivity contribution in [1.82, 2.24) is 15.2 Å². The molecule has 0 aliphatic rings. The van der Waals surface area contributed by atoms with Crippen molar-refractivity contribution in [3.8, 4) is 5.75 Å². The molecular formula is C17H14F3N5O. The van der Waals surface area contributed by atoms with Gasteiger partial charge in [-0.15, -0.1) is 5.10 Å². The van der Waals surface area contributed by atoms with Crippen LogP contribution in [0.15, 0.2) is 54.7 Å². The average Bonchev–Trinajstić information content (AvgIpc) is 2.62. The number of rotatable bonds is 5. The highest BCUT2D eigenvalue weighted by atomic mass is 19.4. The number of halogens is 3. The zero-order valence-corrected chi connectivity index (χ0v) is 13.6. The van der Waals surface area contributed by atoms with Gasteiger partial charge >= 0.3 is 6.18 Å². The summed E-state index contributed by atoms with van der Waals surface area (Å²) < 4.78 is 43.5. The van der Waals surface area contributed by atoms with Crippen LogP contribution in [0.2, 0.25) is 0 Å². The van der Waals surface area contributed by atoms with E-state index < -0.39 is 11.7 Å². The lowest BCUT2D eigenvalue weighted by Gasteiger charge is -2.10. The molecule has 26 heavy (non-hydrogen) atoms. The fourth-order valence-electron chi connectivity index (χ4n) is 2.17. The summed E-state index contributed by atoms with van der Waals surface area (Å²) in [5, 5.41) is 13.3. The number of hydrogen-bond donors (Lipinski definition) is 2. The number of ether oxygens (including phenoxy) is 1. The highest BCUT2D eigenvalue weighted by Crippen LogP contribution is 2.31. The van der Waals surface area contributed by atoms with Gasteiger partial charge in [0.1, 0.15) is 5.75 Å². The molecule has 0 unspecified atom stereocenters. The third kappa shape index (κ3) is 4.38. The molecule has 0 aliphatic heterocycles. The highest BCUT2D eigenvalue weighted by molar-refractivity contribution is 5.60. The molecule has 6 nitrogen and oxygen atoms in total. The maximum Gasteiger partial charge on any atom is 0.416 e. The molecule has 1 aromatic heterocycles. The molecule has 0 saturated carbocycles. The summed E-state index contributed by atoms with van der Waals surface area (Å²) in [5.41, 5.74) is 0.163. The van der Waals surface area contributed by atoms with Gasteiger partial charge in [0.05, 0.1) is 18.9 Å². The maximum absolute atomic E-state index is 12.8. The number of aromatic nitrogens is 3. The van der Waals surface area contributed by atoms with Gasteiger partial charge in [-0.3, -0.25) is 0 Å². The van der Waals surface area contributed by atoms with E-state index >= 15 is 0 Å². The quantitative estimate of drug-likeness (QED) is 0.702. The lowest BCUT2D eigenvalue weighted by molar-refractivity contribution is -0.137. The fraction of sp³-hybridized carbons (Fsp3) is 0.118. The molecule has 3 rings (SSSR count). The molecule has 0 radical (unpaired) electrons. The summed E-state index contributed by atoms with van der Waals surface area (Å²) in [4.78, 5) is 4.19. The van der Waals surface area contributed by atoms with Crippen LogP contribution in [0.4, 0.5) is 36.3 Å². The van der Waals surface area contributed by atoms with Crippen LogP contribution in [0.25, 0.3) is 0 Å². The minimum atomic E-state index is -4.42. The molecule has 0 fully saturated rings. The van der Waals surface area contributed by atoms with Crippen LogP contribution in [0.5, 0.6) is 5.75 Å². The van der Waals surface area contributed by atoms with Gasteiger partial charge in [-0.25, -0.2) is 0 Å². The Hall–Kier alpha value is -3.36. The molecule has 0 aliphatic carbocycles. The Labute approximate surface area is 147 Å². The number of methoxy groups -OCH3 is 1. The second kappa shape index (κ2) is 7.26. The SMILES string of the molecule is COc1cccc(Nc2cnnc(Nc3cccc(C(F)(F)F)c3)n2)c1. The Balaban J connectivity index is 1.77. The Morgan fingerprint density at radius 1 is 0.962 bits per heavy atom. The van der Waals surface area contributed by atoms with E-state index in [-0.39, 0.29) is 11.6 Å². The van der Waals surface area contributed by atoms with Gasteiger partial charge in [-0.1, -0.05) is 12.1 Å². The average molecular weight is 361 g/mol. The number of hydrogen-bond acceptors (Lipinski definition) is 6. The van der Waals surface area contributed by atoms with Crippen molar-refractivity contribution in [2.24, 2.45) is 0 Å². The summed E-state index contributed by atoms with van der Waals surface area (Å²) in [6.07, 6.45) is -3.02. The number of alkyl halides is 3. The van der Waals surface area contributed by atoms with E-state index in [0.29, 0.717) is 11.6 Å². The summed E-state index contributed by atoms with van der Waals surface area (Å²) >= 11 is 0. The number of benzene rings is 2. The zero-order chi connectivity index (χ0) is 18.6. The normalized spacial score (nSPS) is 11.1. The van der Waals surface area contributed by atoms with E-state index in [1.807, 2.05) is 6.07 Å². The molecule has 3 aromatic rings. The molecule has 2 aromatic carbocycles. The molecule has 9 heteroatoms. The minimum Gasteiger partial charge on any atom is -0.497 e. The van der Waals surface area contributed by atoms with E-state index in [0.717, 1.165) is 17.8 Å². The van der Waals surface area contributed by atoms with Crippen LogP contribution < -0.4 is 15.4 Å². The van der Waals surface area contributed by atoms with Gasteiger partial charge in [-0.2, -0.15) is 23.3 Å². The van der Waals surface area contributed by atoms with Gasteiger partial charge in [0.2, 0.25) is 5.95 Å². The smallest absolute Gasteiger partial charge is 0.416 e. The van der Waals surface area contributed by atoms with Crippen LogP contribution >= 0.6 is 0 Å². The monoisotopic (exact) mass is 361 g/mol. The topological polar surface area (TPSA) is 72.0 Å². The van der Waals surface area contributed by atoms with Crippen LogP contribution in [0, 0.1) is 0 Å². The lowest BCUT2D eigenvalue weighted by atomic mass is 10.2. The standard InChI is InChI=1S/C17H14F3N5O/c1-26-14-7-3-6-13(9-14)22-15-10-21-25-16(24-15)23-12-5-2-4-11(8-12)17(18,19)20/h2-10H,1H3,(H2,22,23,24,25). The highest BCUT2D eigenvalue weighted by Gasteiger charge is 2.30. The van der Waals surface area contributed by atoms with Crippen molar-refractivity contribution in [1.29, 1.82) is 0 Å². The van der Waals surface area contributed by atoms with Crippen LogP contribution in [-0.4, -0.2) is 22.3 Å². The molecule has 0 saturated heterocycles. The molecule has 0 amide bonds. The van der Waals surface area contributed by atoms with E-state index in [2.05, 4.69) is 25.8 Å². The first-order valence-electron chi connectivity index (χ1n) is 7.49. The predicted octanol–water partition coefficient (Wildman–Crippen LogP) is 4.39. The fourth-order valence-corrected chi connectivity index (χ4v) is 2.17. The molecular weight excluding hydrogens is 347 g/mol. The Bertz CT molecular complexity index is 901. The third-order valence-corrected chi connectivity index (χ3v) is 3.35. The maximum atomic E-state index is 12.8. The van der Waals surface area contributed by atoms with E-state index in [1.54, 1.807) is 25.3 Å². The van der Waals surface area contributed by atoms with E-state index in [4.69, 9.17) is 4.74 Å². The van der Waals surface area contributed by atoms with Crippen molar-refractivity contribution >= 4 is 23.1 Å². The summed E-state index contributed by atoms with van der Waals surface area (Å²) in [6.45, 7) is 0. The van der Waals surface area contributed by atoms with Crippen molar-refractivity contribution in [3.05, 3.63) is 60.3 Å². The van der Waals surface area contributed by atoms with Gasteiger partial charge in [0.15, 0.2) is 5.82 Å². The van der Waals surface area contributed by atoms with Crippen molar-refractivity contribution < 1.29 is 17.9 Å². The second-order valence-electron chi connectivity index (χ2n) is 5.23. The van der Waals surface area contributed by atoms with Crippen LogP contribution in [0.1, 0.15) is 5.56 Å². The Morgan fingerprint density at radius 2 is 1.69 bits per heavy atom. The predicted molar refractivity (Wildman–Crippen MR) is 90.8 cm³/mol. The first kappa shape index (κ1) is 17.5. The summed E-state index contributed by atoms with van der Waals surface area (Å²) in [7, 11) is 1.56. The molecule has 0 bridgehead atoms. The van der Waals surface area contributed by atoms with E-state index in [1.165, 1.54) is 18.3 Å². The molecule has 0 atom stereocenters. The number of anilines is 4. The van der Waals surface area contributed by atoms with Crippen molar-refractivity contribution in [2.75, 3.05) is 17.7 Å². The van der Waals surface area contributed by atoms with Crippen LogP contribution in [0.3, 0.4) is 0 Å². The zero-order valence-electron chi connectivity index (χ0n) is 13.6. The first-order chi connectivity index (χ1) is 12.4.